The summed E-state index contributed by atoms with van der Waals surface area (Å²) in [7, 11) is 0. The maximum atomic E-state index is 13.1. The number of ether oxygens (including phenoxy) is 1. The van der Waals surface area contributed by atoms with Crippen molar-refractivity contribution >= 4 is 57.5 Å². The van der Waals surface area contributed by atoms with E-state index in [4.69, 9.17) is 17.0 Å². The number of nitrogens with zero attached hydrogens (tertiary/aromatic N) is 1. The summed E-state index contributed by atoms with van der Waals surface area (Å²) in [6.45, 7) is 0.253. The van der Waals surface area contributed by atoms with Crippen LogP contribution in [0.25, 0.3) is 6.08 Å². The van der Waals surface area contributed by atoms with Crippen LogP contribution < -0.4 is 10.2 Å². The van der Waals surface area contributed by atoms with Crippen LogP contribution in [0.15, 0.2) is 70.9 Å². The molecule has 0 saturated carbocycles. The van der Waals surface area contributed by atoms with E-state index in [1.807, 2.05) is 18.2 Å². The van der Waals surface area contributed by atoms with E-state index in [9.17, 15) is 14.0 Å². The Morgan fingerprint density at radius 2 is 1.90 bits per heavy atom. The standard InChI is InChI=1S/C22H15FN2O3S3/c23-16-9-7-14(8-10-16)13-28-17-5-2-1-4-15(17)12-19-21(27)25(22(29)31-19)24-20(26)18-6-3-11-30-18/h1-12H,13H2,(H,24,26)/b19-12-. The first-order chi connectivity index (χ1) is 15.0. The van der Waals surface area contributed by atoms with E-state index in [-0.39, 0.29) is 16.7 Å². The van der Waals surface area contributed by atoms with Crippen molar-refractivity contribution in [2.24, 2.45) is 0 Å². The van der Waals surface area contributed by atoms with E-state index < -0.39 is 11.8 Å². The molecule has 3 aromatic rings. The third-order valence-corrected chi connectivity index (χ3v) is 6.44. The number of rotatable bonds is 6. The van der Waals surface area contributed by atoms with Gasteiger partial charge in [-0.05, 0) is 53.5 Å². The van der Waals surface area contributed by atoms with Crippen molar-refractivity contribution in [2.75, 3.05) is 0 Å². The maximum Gasteiger partial charge on any atom is 0.285 e. The van der Waals surface area contributed by atoms with Gasteiger partial charge in [-0.25, -0.2) is 4.39 Å². The molecule has 0 bridgehead atoms. The summed E-state index contributed by atoms with van der Waals surface area (Å²) in [5.41, 5.74) is 4.06. The lowest BCUT2D eigenvalue weighted by Crippen LogP contribution is -2.44. The quantitative estimate of drug-likeness (QED) is 0.405. The first kappa shape index (κ1) is 21.2. The maximum absolute atomic E-state index is 13.1. The average molecular weight is 471 g/mol. The number of para-hydroxylation sites is 1. The number of carbonyl (C=O) groups excluding carboxylic acids is 2. The summed E-state index contributed by atoms with van der Waals surface area (Å²) in [6, 6.07) is 16.7. The minimum Gasteiger partial charge on any atom is -0.488 e. The number of hydrogen-bond acceptors (Lipinski definition) is 6. The van der Waals surface area contributed by atoms with Crippen LogP contribution in [-0.4, -0.2) is 21.1 Å². The normalized spacial score (nSPS) is 14.9. The van der Waals surface area contributed by atoms with Gasteiger partial charge in [0.1, 0.15) is 18.2 Å². The molecule has 1 aromatic heterocycles. The van der Waals surface area contributed by atoms with Crippen LogP contribution in [0.3, 0.4) is 0 Å². The lowest BCUT2D eigenvalue weighted by Gasteiger charge is -2.14. The largest absolute Gasteiger partial charge is 0.488 e. The number of nitrogens with one attached hydrogen (secondary N) is 1. The van der Waals surface area contributed by atoms with E-state index in [2.05, 4.69) is 5.43 Å². The molecule has 1 aliphatic heterocycles. The van der Waals surface area contributed by atoms with Crippen molar-refractivity contribution in [3.05, 3.63) is 92.8 Å². The second kappa shape index (κ2) is 9.42. The topological polar surface area (TPSA) is 58.6 Å². The van der Waals surface area contributed by atoms with Gasteiger partial charge in [-0.1, -0.05) is 48.2 Å². The van der Waals surface area contributed by atoms with Gasteiger partial charge in [0.15, 0.2) is 4.32 Å². The number of thiocarbonyl (C=S) groups is 1. The van der Waals surface area contributed by atoms with Crippen LogP contribution >= 0.6 is 35.3 Å². The molecule has 4 rings (SSSR count). The minimum atomic E-state index is -0.409. The van der Waals surface area contributed by atoms with Crippen LogP contribution in [0.1, 0.15) is 20.8 Å². The second-order valence-corrected chi connectivity index (χ2v) is 9.01. The van der Waals surface area contributed by atoms with Crippen molar-refractivity contribution in [1.29, 1.82) is 0 Å². The van der Waals surface area contributed by atoms with Gasteiger partial charge in [0.05, 0.1) is 9.78 Å². The Labute approximate surface area is 191 Å². The molecule has 0 unspecified atom stereocenters. The molecule has 0 aliphatic carbocycles. The average Bonchev–Trinajstić information content (AvgIpc) is 3.39. The third kappa shape index (κ3) is 5.01. The minimum absolute atomic E-state index is 0.242. The number of carbonyl (C=O) groups is 2. The van der Waals surface area contributed by atoms with E-state index in [1.54, 1.807) is 41.8 Å². The molecular weight excluding hydrogens is 455 g/mol. The highest BCUT2D eigenvalue weighted by Gasteiger charge is 2.34. The number of benzene rings is 2. The highest BCUT2D eigenvalue weighted by atomic mass is 32.2. The van der Waals surface area contributed by atoms with Crippen molar-refractivity contribution in [3.63, 3.8) is 0 Å². The molecule has 0 spiro atoms. The Bertz CT molecular complexity index is 1160. The van der Waals surface area contributed by atoms with Crippen LogP contribution in [-0.2, 0) is 11.4 Å². The van der Waals surface area contributed by atoms with Gasteiger partial charge in [-0.15, -0.1) is 11.3 Å². The zero-order valence-electron chi connectivity index (χ0n) is 15.9. The van der Waals surface area contributed by atoms with Gasteiger partial charge in [-0.3, -0.25) is 15.0 Å². The molecule has 2 amide bonds. The monoisotopic (exact) mass is 470 g/mol. The number of amides is 2. The molecular formula is C22H15FN2O3S3. The fourth-order valence-corrected chi connectivity index (χ4v) is 4.53. The zero-order valence-corrected chi connectivity index (χ0v) is 18.4. The molecule has 1 N–H and O–H groups in total. The van der Waals surface area contributed by atoms with Gasteiger partial charge in [0, 0.05) is 5.56 Å². The summed E-state index contributed by atoms with van der Waals surface area (Å²) in [4.78, 5) is 25.9. The van der Waals surface area contributed by atoms with Gasteiger partial charge in [0.2, 0.25) is 0 Å². The Balaban J connectivity index is 1.49. The number of hydrazine groups is 1. The molecule has 1 aliphatic rings. The van der Waals surface area contributed by atoms with Crippen molar-refractivity contribution in [1.82, 2.24) is 10.4 Å². The van der Waals surface area contributed by atoms with Crippen molar-refractivity contribution < 1.29 is 18.7 Å². The molecule has 9 heteroatoms. The number of halogens is 1. The summed E-state index contributed by atoms with van der Waals surface area (Å²) in [5, 5.41) is 2.86. The highest BCUT2D eigenvalue weighted by molar-refractivity contribution is 8.26. The van der Waals surface area contributed by atoms with Crippen molar-refractivity contribution in [2.45, 2.75) is 6.61 Å². The summed E-state index contributed by atoms with van der Waals surface area (Å²) in [5.74, 6) is -0.541. The van der Waals surface area contributed by atoms with Gasteiger partial charge in [0.25, 0.3) is 11.8 Å². The molecule has 2 aromatic carbocycles. The molecule has 31 heavy (non-hydrogen) atoms. The number of thiophene rings is 1. The number of thioether (sulfide) groups is 1. The fraction of sp³-hybridized carbons (Fsp3) is 0.0455. The Morgan fingerprint density at radius 1 is 1.13 bits per heavy atom. The van der Waals surface area contributed by atoms with Crippen molar-refractivity contribution in [3.8, 4) is 5.75 Å². The lowest BCUT2D eigenvalue weighted by atomic mass is 10.2. The first-order valence-electron chi connectivity index (χ1n) is 9.10. The summed E-state index contributed by atoms with van der Waals surface area (Å²) < 4.78 is 19.2. The van der Waals surface area contributed by atoms with Crippen LogP contribution in [0, 0.1) is 5.82 Å². The van der Waals surface area contributed by atoms with E-state index in [0.29, 0.717) is 21.1 Å². The van der Waals surface area contributed by atoms with E-state index >= 15 is 0 Å². The molecule has 0 atom stereocenters. The molecule has 156 valence electrons. The Hall–Kier alpha value is -3.01. The zero-order chi connectivity index (χ0) is 21.8. The van der Waals surface area contributed by atoms with E-state index in [1.165, 1.54) is 23.5 Å². The Kier molecular flexibility index (Phi) is 6.45. The van der Waals surface area contributed by atoms with Gasteiger partial charge in [-0.2, -0.15) is 5.01 Å². The molecule has 1 saturated heterocycles. The third-order valence-electron chi connectivity index (χ3n) is 4.27. The van der Waals surface area contributed by atoms with Crippen LogP contribution in [0.2, 0.25) is 0 Å². The van der Waals surface area contributed by atoms with Crippen LogP contribution in [0.5, 0.6) is 5.75 Å². The second-order valence-electron chi connectivity index (χ2n) is 6.39. The molecule has 1 fully saturated rings. The first-order valence-corrected chi connectivity index (χ1v) is 11.2. The predicted octanol–water partition coefficient (Wildman–Crippen LogP) is 5.01. The van der Waals surface area contributed by atoms with Gasteiger partial charge < -0.3 is 4.74 Å². The highest BCUT2D eigenvalue weighted by Crippen LogP contribution is 2.33. The lowest BCUT2D eigenvalue weighted by molar-refractivity contribution is -0.123. The molecule has 5 nitrogen and oxygen atoms in total. The summed E-state index contributed by atoms with van der Waals surface area (Å²) >= 11 is 7.65. The fourth-order valence-electron chi connectivity index (χ4n) is 2.74. The molecule has 0 radical (unpaired) electrons. The predicted molar refractivity (Wildman–Crippen MR) is 124 cm³/mol. The number of hydrogen-bond donors (Lipinski definition) is 1. The smallest absolute Gasteiger partial charge is 0.285 e. The van der Waals surface area contributed by atoms with E-state index in [0.717, 1.165) is 22.3 Å². The molecule has 2 heterocycles. The van der Waals surface area contributed by atoms with Crippen LogP contribution in [0.4, 0.5) is 4.39 Å². The van der Waals surface area contributed by atoms with Gasteiger partial charge >= 0.3 is 0 Å². The SMILES string of the molecule is O=C(NN1C(=O)/C(=C/c2ccccc2OCc2ccc(F)cc2)SC1=S)c1cccs1. The Morgan fingerprint density at radius 3 is 2.65 bits per heavy atom. The summed E-state index contributed by atoms with van der Waals surface area (Å²) in [6.07, 6.45) is 1.68.